The lowest BCUT2D eigenvalue weighted by molar-refractivity contribution is 0.590. The Labute approximate surface area is 434 Å². The molecule has 8 aromatic carbocycles. The average molecular weight is 957 g/mol. The zero-order chi connectivity index (χ0) is 51.8. The van der Waals surface area contributed by atoms with Crippen molar-refractivity contribution in [1.82, 2.24) is 19.6 Å². The first-order valence-electron chi connectivity index (χ1n) is 26.1. The summed E-state index contributed by atoms with van der Waals surface area (Å²) in [4.78, 5) is 0. The number of benzene rings is 8. The molecule has 368 valence electrons. The first kappa shape index (κ1) is 49.3. The molecule has 2 heterocycles. The molecule has 10 aromatic rings. The van der Waals surface area contributed by atoms with Crippen molar-refractivity contribution in [3.63, 3.8) is 0 Å². The predicted octanol–water partition coefficient (Wildman–Crippen LogP) is 18.5. The summed E-state index contributed by atoms with van der Waals surface area (Å²) in [6, 6.07) is 63.7. The minimum atomic E-state index is -0.261. The van der Waals surface area contributed by atoms with Crippen molar-refractivity contribution in [2.45, 2.75) is 124 Å². The van der Waals surface area contributed by atoms with Crippen molar-refractivity contribution in [2.24, 2.45) is 0 Å². The Bertz CT molecular complexity index is 3350. The largest absolute Gasteiger partial charge is 0.233 e. The first-order chi connectivity index (χ1) is 34.4. The lowest BCUT2D eigenvalue weighted by atomic mass is 9.78. The molecule has 0 N–H and O–H groups in total. The predicted molar refractivity (Wildman–Crippen MR) is 311 cm³/mol. The molecular weight excluding hydrogens is 885 g/mol. The van der Waals surface area contributed by atoms with Gasteiger partial charge in [-0.1, -0.05) is 218 Å². The van der Waals surface area contributed by atoms with Crippen molar-refractivity contribution in [2.75, 3.05) is 0 Å². The van der Waals surface area contributed by atoms with Crippen LogP contribution in [0, 0.1) is 0 Å². The van der Waals surface area contributed by atoms with Gasteiger partial charge >= 0.3 is 0 Å². The van der Waals surface area contributed by atoms with Gasteiger partial charge in [0.25, 0.3) is 0 Å². The SMILES string of the molecule is CC(C)(C)c1ccc(-c2cc3cnn(-c4ccc(C(C)(C)c5ccc(-n6ncc7cc(-c8ccc(C(C)(C)C)cc8)c(-c8ccc(C(C)(C)C)cc8)cc76)cc5)cc4)c3cc2-c2ccc(C(C)(C)C)cc2)cc1. The van der Waals surface area contributed by atoms with E-state index in [0.717, 1.165) is 33.2 Å². The summed E-state index contributed by atoms with van der Waals surface area (Å²) in [5, 5.41) is 12.2. The zero-order valence-electron chi connectivity index (χ0n) is 45.6. The Kier molecular flexibility index (Phi) is 12.2. The van der Waals surface area contributed by atoms with E-state index in [1.54, 1.807) is 0 Å². The van der Waals surface area contributed by atoms with Crippen LogP contribution in [0.25, 0.3) is 77.7 Å². The van der Waals surface area contributed by atoms with E-state index >= 15 is 0 Å². The van der Waals surface area contributed by atoms with Crippen LogP contribution in [0.4, 0.5) is 0 Å². The van der Waals surface area contributed by atoms with Crippen molar-refractivity contribution in [3.8, 4) is 55.9 Å². The van der Waals surface area contributed by atoms with E-state index in [1.807, 2.05) is 12.4 Å². The third kappa shape index (κ3) is 9.61. The molecule has 0 aliphatic rings. The van der Waals surface area contributed by atoms with Crippen LogP contribution in [-0.4, -0.2) is 19.6 Å². The van der Waals surface area contributed by atoms with E-state index in [1.165, 1.54) is 77.9 Å². The molecule has 4 nitrogen and oxygen atoms in total. The van der Waals surface area contributed by atoms with E-state index < -0.39 is 0 Å². The number of nitrogens with zero attached hydrogens (tertiary/aromatic N) is 4. The summed E-state index contributed by atoms with van der Waals surface area (Å²) in [6.45, 7) is 31.8. The second kappa shape index (κ2) is 18.0. The molecule has 0 amide bonds. The highest BCUT2D eigenvalue weighted by molar-refractivity contribution is 5.97. The molecule has 10 rings (SSSR count). The van der Waals surface area contributed by atoms with E-state index in [-0.39, 0.29) is 27.1 Å². The Hall–Kier alpha value is -7.30. The lowest BCUT2D eigenvalue weighted by Crippen LogP contribution is -2.19. The summed E-state index contributed by atoms with van der Waals surface area (Å²) in [6.07, 6.45) is 4.01. The number of hydrogen-bond donors (Lipinski definition) is 0. The number of rotatable bonds is 8. The third-order valence-electron chi connectivity index (χ3n) is 15.3. The molecular formula is C69H72N4. The average Bonchev–Trinajstić information content (AvgIpc) is 3.99. The standard InChI is InChI=1S/C69H72N4/c1-65(2,3)51-23-15-45(16-24-51)59-39-49-43-70-72(63(49)41-61(59)47-19-27-53(28-20-47)67(7,8)9)57-35-31-55(32-36-57)69(13,14)56-33-37-58(38-34-56)73-64-42-62(48-21-29-54(30-22-48)68(10,11)12)60(40-50(64)44-71-73)46-17-25-52(26-18-46)66(4,5)6/h15-44H,1-14H3. The Morgan fingerprint density at radius 2 is 0.507 bits per heavy atom. The van der Waals surface area contributed by atoms with Crippen LogP contribution in [0.2, 0.25) is 0 Å². The smallest absolute Gasteiger partial charge is 0.0747 e. The normalized spacial score (nSPS) is 12.8. The van der Waals surface area contributed by atoms with Gasteiger partial charge < -0.3 is 0 Å². The van der Waals surface area contributed by atoms with Gasteiger partial charge in [0.1, 0.15) is 0 Å². The summed E-state index contributed by atoms with van der Waals surface area (Å²) >= 11 is 0. The molecule has 0 bridgehead atoms. The highest BCUT2D eigenvalue weighted by Gasteiger charge is 2.25. The van der Waals surface area contributed by atoms with E-state index in [9.17, 15) is 0 Å². The monoisotopic (exact) mass is 957 g/mol. The van der Waals surface area contributed by atoms with Crippen molar-refractivity contribution >= 4 is 21.8 Å². The molecule has 4 heteroatoms. The van der Waals surface area contributed by atoms with Gasteiger partial charge in [0.05, 0.1) is 34.8 Å². The summed E-state index contributed by atoms with van der Waals surface area (Å²) in [5.41, 5.74) is 21.6. The quantitative estimate of drug-likeness (QED) is 0.152. The Morgan fingerprint density at radius 1 is 0.274 bits per heavy atom. The maximum absolute atomic E-state index is 5.01. The molecule has 0 saturated heterocycles. The van der Waals surface area contributed by atoms with Crippen molar-refractivity contribution in [1.29, 1.82) is 0 Å². The number of aromatic nitrogens is 4. The molecule has 0 fully saturated rings. The molecule has 0 aliphatic carbocycles. The van der Waals surface area contributed by atoms with Crippen LogP contribution < -0.4 is 0 Å². The second-order valence-electron chi connectivity index (χ2n) is 25.1. The van der Waals surface area contributed by atoms with E-state index in [0.29, 0.717) is 0 Å². The van der Waals surface area contributed by atoms with Crippen LogP contribution in [0.15, 0.2) is 182 Å². The van der Waals surface area contributed by atoms with Gasteiger partial charge in [0.15, 0.2) is 0 Å². The van der Waals surface area contributed by atoms with Crippen molar-refractivity contribution < 1.29 is 0 Å². The van der Waals surface area contributed by atoms with Gasteiger partial charge in [-0.15, -0.1) is 0 Å². The van der Waals surface area contributed by atoms with Crippen LogP contribution in [0.5, 0.6) is 0 Å². The molecule has 0 spiro atoms. The van der Waals surface area contributed by atoms with Crippen LogP contribution >= 0.6 is 0 Å². The van der Waals surface area contributed by atoms with Crippen LogP contribution in [-0.2, 0) is 27.1 Å². The van der Waals surface area contributed by atoms with Gasteiger partial charge in [0, 0.05) is 16.2 Å². The van der Waals surface area contributed by atoms with Gasteiger partial charge in [-0.3, -0.25) is 0 Å². The number of hydrogen-bond acceptors (Lipinski definition) is 2. The second-order valence-corrected chi connectivity index (χ2v) is 25.1. The molecule has 0 unspecified atom stereocenters. The fourth-order valence-corrected chi connectivity index (χ4v) is 10.3. The highest BCUT2D eigenvalue weighted by Crippen LogP contribution is 2.41. The zero-order valence-corrected chi connectivity index (χ0v) is 45.6. The first-order valence-corrected chi connectivity index (χ1v) is 26.1. The molecule has 0 aliphatic heterocycles. The fourth-order valence-electron chi connectivity index (χ4n) is 10.3. The molecule has 2 aromatic heterocycles. The van der Waals surface area contributed by atoms with E-state index in [4.69, 9.17) is 10.2 Å². The summed E-state index contributed by atoms with van der Waals surface area (Å²) in [5.74, 6) is 0. The van der Waals surface area contributed by atoms with Gasteiger partial charge in [-0.2, -0.15) is 10.2 Å². The fraction of sp³-hybridized carbons (Fsp3) is 0.275. The maximum atomic E-state index is 5.01. The summed E-state index contributed by atoms with van der Waals surface area (Å²) < 4.78 is 4.18. The summed E-state index contributed by atoms with van der Waals surface area (Å²) in [7, 11) is 0. The van der Waals surface area contributed by atoms with E-state index in [2.05, 4.69) is 276 Å². The third-order valence-corrected chi connectivity index (χ3v) is 15.3. The minimum absolute atomic E-state index is 0.0732. The molecule has 0 radical (unpaired) electrons. The van der Waals surface area contributed by atoms with Gasteiger partial charge in [-0.05, 0) is 148 Å². The minimum Gasteiger partial charge on any atom is -0.233 e. The van der Waals surface area contributed by atoms with Gasteiger partial charge in [0.2, 0.25) is 0 Å². The Balaban J connectivity index is 0.960. The molecule has 0 saturated carbocycles. The number of fused-ring (bicyclic) bond motifs is 2. The topological polar surface area (TPSA) is 35.6 Å². The van der Waals surface area contributed by atoms with Gasteiger partial charge in [-0.25, -0.2) is 9.36 Å². The van der Waals surface area contributed by atoms with Crippen LogP contribution in [0.3, 0.4) is 0 Å². The molecule has 0 atom stereocenters. The van der Waals surface area contributed by atoms with Crippen LogP contribution in [0.1, 0.15) is 130 Å². The van der Waals surface area contributed by atoms with Crippen molar-refractivity contribution in [3.05, 3.63) is 216 Å². The lowest BCUT2D eigenvalue weighted by Gasteiger charge is -2.26. The maximum Gasteiger partial charge on any atom is 0.0747 e. The molecule has 73 heavy (non-hydrogen) atoms. The highest BCUT2D eigenvalue weighted by atomic mass is 15.3. The Morgan fingerprint density at radius 3 is 0.753 bits per heavy atom.